The summed E-state index contributed by atoms with van der Waals surface area (Å²) < 4.78 is 3.72. The quantitative estimate of drug-likeness (QED) is 0.690. The second-order valence-electron chi connectivity index (χ2n) is 4.80. The molecule has 0 aromatic carbocycles. The van der Waals surface area contributed by atoms with Gasteiger partial charge in [0.15, 0.2) is 23.4 Å². The number of hydrogen-bond donors (Lipinski definition) is 0. The Balaban J connectivity index is 2.02. The Bertz CT molecular complexity index is 819. The lowest BCUT2D eigenvalue weighted by Crippen LogP contribution is -2.38. The van der Waals surface area contributed by atoms with Crippen molar-refractivity contribution in [3.8, 4) is 0 Å². The third-order valence-electron chi connectivity index (χ3n) is 3.41. The Hall–Kier alpha value is -2.01. The predicted octanol–water partition coefficient (Wildman–Crippen LogP) is 1.96. The van der Waals surface area contributed by atoms with E-state index in [4.69, 9.17) is 0 Å². The fourth-order valence-electron chi connectivity index (χ4n) is 2.19. The zero-order valence-corrected chi connectivity index (χ0v) is 12.4. The molecule has 3 aromatic rings. The molecule has 0 amide bonds. The number of aryl methyl sites for hydroxylation is 2. The first-order valence-corrected chi connectivity index (χ1v) is 7.50. The van der Waals surface area contributed by atoms with Gasteiger partial charge in [0.25, 0.3) is 5.56 Å². The molecule has 3 rings (SSSR count). The van der Waals surface area contributed by atoms with Crippen molar-refractivity contribution in [2.75, 3.05) is 0 Å². The van der Waals surface area contributed by atoms with Gasteiger partial charge in [-0.15, -0.1) is 11.3 Å². The average molecular weight is 286 g/mol. The highest BCUT2D eigenvalue weighted by Gasteiger charge is 2.11. The minimum atomic E-state index is -0.0175. The second-order valence-corrected chi connectivity index (χ2v) is 5.67. The van der Waals surface area contributed by atoms with Gasteiger partial charge in [-0.05, 0) is 12.5 Å². The van der Waals surface area contributed by atoms with Gasteiger partial charge in [0.1, 0.15) is 5.69 Å². The molecule has 0 fully saturated rings. The summed E-state index contributed by atoms with van der Waals surface area (Å²) in [5.41, 5.74) is 3.23. The Morgan fingerprint density at radius 1 is 1.40 bits per heavy atom. The van der Waals surface area contributed by atoms with Gasteiger partial charge in [0.05, 0.1) is 0 Å². The van der Waals surface area contributed by atoms with E-state index in [0.29, 0.717) is 6.54 Å². The van der Waals surface area contributed by atoms with Crippen molar-refractivity contribution in [2.24, 2.45) is 0 Å². The van der Waals surface area contributed by atoms with Crippen LogP contribution in [0.3, 0.4) is 0 Å². The summed E-state index contributed by atoms with van der Waals surface area (Å²) in [6.45, 7) is 4.83. The van der Waals surface area contributed by atoms with Gasteiger partial charge >= 0.3 is 0 Å². The van der Waals surface area contributed by atoms with E-state index < -0.39 is 0 Å². The molecule has 0 radical (unpaired) electrons. The molecule has 0 bridgehead atoms. The van der Waals surface area contributed by atoms with Crippen LogP contribution in [0.4, 0.5) is 0 Å². The fraction of sp³-hybridized carbons (Fsp3) is 0.267. The number of fused-ring (bicyclic) bond motifs is 1. The van der Waals surface area contributed by atoms with Crippen LogP contribution in [0.25, 0.3) is 4.96 Å². The lowest BCUT2D eigenvalue weighted by molar-refractivity contribution is -0.695. The van der Waals surface area contributed by atoms with E-state index in [1.165, 1.54) is 16.9 Å². The molecule has 0 atom stereocenters. The van der Waals surface area contributed by atoms with Crippen LogP contribution in [0.1, 0.15) is 23.9 Å². The zero-order valence-electron chi connectivity index (χ0n) is 11.5. The van der Waals surface area contributed by atoms with Crippen molar-refractivity contribution < 1.29 is 4.57 Å². The molecule has 0 spiro atoms. The summed E-state index contributed by atoms with van der Waals surface area (Å²) in [6, 6.07) is 5.86. The van der Waals surface area contributed by atoms with Crippen LogP contribution >= 0.6 is 11.3 Å². The maximum Gasteiger partial charge on any atom is 0.258 e. The smallest absolute Gasteiger partial charge is 0.258 e. The van der Waals surface area contributed by atoms with E-state index in [1.807, 2.05) is 5.38 Å². The Morgan fingerprint density at radius 3 is 3.05 bits per heavy atom. The van der Waals surface area contributed by atoms with Crippen LogP contribution in [-0.4, -0.2) is 9.38 Å². The van der Waals surface area contributed by atoms with Gasteiger partial charge in [-0.1, -0.05) is 6.92 Å². The Morgan fingerprint density at radius 2 is 2.25 bits per heavy atom. The molecule has 0 aliphatic carbocycles. The van der Waals surface area contributed by atoms with Gasteiger partial charge in [-0.25, -0.2) is 4.98 Å². The van der Waals surface area contributed by atoms with E-state index in [2.05, 4.69) is 41.7 Å². The van der Waals surface area contributed by atoms with Crippen LogP contribution in [0.15, 0.2) is 40.8 Å². The summed E-state index contributed by atoms with van der Waals surface area (Å²) in [7, 11) is 0. The summed E-state index contributed by atoms with van der Waals surface area (Å²) >= 11 is 1.48. The molecular formula is C15H16N3OS+. The first-order chi connectivity index (χ1) is 9.67. The summed E-state index contributed by atoms with van der Waals surface area (Å²) in [4.78, 5) is 17.3. The lowest BCUT2D eigenvalue weighted by Gasteiger charge is -2.03. The molecule has 0 saturated heterocycles. The van der Waals surface area contributed by atoms with Crippen LogP contribution in [0.2, 0.25) is 0 Å². The molecule has 102 valence electrons. The number of thiazole rings is 1. The minimum Gasteiger partial charge on any atom is -0.269 e. The van der Waals surface area contributed by atoms with E-state index in [9.17, 15) is 4.79 Å². The lowest BCUT2D eigenvalue weighted by atomic mass is 10.2. The van der Waals surface area contributed by atoms with E-state index >= 15 is 0 Å². The van der Waals surface area contributed by atoms with Crippen LogP contribution in [0.5, 0.6) is 0 Å². The summed E-state index contributed by atoms with van der Waals surface area (Å²) in [5.74, 6) is 0. The van der Waals surface area contributed by atoms with E-state index in [-0.39, 0.29) is 5.56 Å². The summed E-state index contributed by atoms with van der Waals surface area (Å²) in [5, 5.41) is 1.88. The monoisotopic (exact) mass is 286 g/mol. The highest BCUT2D eigenvalue weighted by Crippen LogP contribution is 2.07. The first kappa shape index (κ1) is 13.0. The van der Waals surface area contributed by atoms with Crippen molar-refractivity contribution in [3.05, 3.63) is 63.3 Å². The first-order valence-electron chi connectivity index (χ1n) is 6.62. The standard InChI is InChI=1S/C15H16N3OS/c1-3-12-5-4-11(2)17(9-12)10-13-8-14(19)18-6-7-20-15(18)16-13/h4-9H,3,10H2,1-2H3/q+1. The second kappa shape index (κ2) is 5.17. The fourth-order valence-corrected chi connectivity index (χ4v) is 2.93. The molecule has 3 aromatic heterocycles. The van der Waals surface area contributed by atoms with Gasteiger partial charge in [-0.2, -0.15) is 4.57 Å². The molecule has 0 unspecified atom stereocenters. The maximum atomic E-state index is 12.0. The average Bonchev–Trinajstić information content (AvgIpc) is 2.90. The third-order valence-corrected chi connectivity index (χ3v) is 4.17. The molecule has 20 heavy (non-hydrogen) atoms. The molecule has 0 N–H and O–H groups in total. The normalized spacial score (nSPS) is 11.1. The molecule has 0 aliphatic rings. The topological polar surface area (TPSA) is 38.2 Å². The van der Waals surface area contributed by atoms with Gasteiger partial charge in [-0.3, -0.25) is 9.20 Å². The van der Waals surface area contributed by atoms with E-state index in [0.717, 1.165) is 22.8 Å². The number of hydrogen-bond acceptors (Lipinski definition) is 3. The van der Waals surface area contributed by atoms with Crippen molar-refractivity contribution in [2.45, 2.75) is 26.8 Å². The molecular weight excluding hydrogens is 270 g/mol. The Kier molecular flexibility index (Phi) is 3.36. The molecule has 5 heteroatoms. The number of aromatic nitrogens is 3. The predicted molar refractivity (Wildman–Crippen MR) is 79.2 cm³/mol. The van der Waals surface area contributed by atoms with E-state index in [1.54, 1.807) is 16.7 Å². The molecule has 4 nitrogen and oxygen atoms in total. The van der Waals surface area contributed by atoms with Crippen LogP contribution in [-0.2, 0) is 13.0 Å². The van der Waals surface area contributed by atoms with Gasteiger partial charge < -0.3 is 0 Å². The zero-order chi connectivity index (χ0) is 14.1. The molecule has 3 heterocycles. The number of rotatable bonds is 3. The van der Waals surface area contributed by atoms with Crippen LogP contribution in [0, 0.1) is 6.92 Å². The van der Waals surface area contributed by atoms with Crippen LogP contribution < -0.4 is 10.1 Å². The Labute approximate surface area is 121 Å². The largest absolute Gasteiger partial charge is 0.269 e. The maximum absolute atomic E-state index is 12.0. The minimum absolute atomic E-state index is 0.0175. The van der Waals surface area contributed by atoms with Gasteiger partial charge in [0, 0.05) is 36.2 Å². The van der Waals surface area contributed by atoms with Crippen molar-refractivity contribution >= 4 is 16.3 Å². The molecule has 0 saturated carbocycles. The number of nitrogens with zero attached hydrogens (tertiary/aromatic N) is 3. The van der Waals surface area contributed by atoms with Crippen molar-refractivity contribution in [1.29, 1.82) is 0 Å². The van der Waals surface area contributed by atoms with Crippen molar-refractivity contribution in [3.63, 3.8) is 0 Å². The third kappa shape index (κ3) is 2.36. The van der Waals surface area contributed by atoms with Gasteiger partial charge in [0.2, 0.25) is 0 Å². The summed E-state index contributed by atoms with van der Waals surface area (Å²) in [6.07, 6.45) is 4.89. The highest BCUT2D eigenvalue weighted by atomic mass is 32.1. The molecule has 0 aliphatic heterocycles. The highest BCUT2D eigenvalue weighted by molar-refractivity contribution is 7.15. The van der Waals surface area contributed by atoms with Crippen molar-refractivity contribution in [1.82, 2.24) is 9.38 Å². The number of pyridine rings is 1. The SMILES string of the molecule is CCc1ccc(C)[n+](Cc2cc(=O)n3ccsc3n2)c1.